The number of rotatable bonds is 4. The van der Waals surface area contributed by atoms with Gasteiger partial charge in [0.1, 0.15) is 11.5 Å². The number of aromatic nitrogens is 1. The number of ether oxygens (including phenoxy) is 1. The first-order chi connectivity index (χ1) is 16.2. The molecule has 2 aromatic rings. The molecule has 180 valence electrons. The number of carbonyl (C=O) groups excluding carboxylic acids is 3. The highest BCUT2D eigenvalue weighted by molar-refractivity contribution is 6.30. The summed E-state index contributed by atoms with van der Waals surface area (Å²) in [5.74, 6) is -2.52. The second kappa shape index (κ2) is 9.46. The van der Waals surface area contributed by atoms with Crippen LogP contribution in [0.1, 0.15) is 51.7 Å². The molecule has 9 nitrogen and oxygen atoms in total. The van der Waals surface area contributed by atoms with E-state index in [0.717, 1.165) is 5.06 Å². The second-order valence-electron chi connectivity index (χ2n) is 8.11. The van der Waals surface area contributed by atoms with Gasteiger partial charge in [-0.05, 0) is 37.0 Å². The summed E-state index contributed by atoms with van der Waals surface area (Å²) in [6, 6.07) is 4.18. The average molecular weight is 492 g/mol. The van der Waals surface area contributed by atoms with E-state index in [1.807, 2.05) is 0 Å². The fourth-order valence-electron chi connectivity index (χ4n) is 4.37. The smallest absolute Gasteiger partial charge is 0.329 e. The van der Waals surface area contributed by atoms with Crippen LogP contribution in [0.25, 0.3) is 0 Å². The molecule has 0 N–H and O–H groups in total. The van der Waals surface area contributed by atoms with Gasteiger partial charge in [-0.3, -0.25) is 19.2 Å². The van der Waals surface area contributed by atoms with E-state index in [-0.39, 0.29) is 54.6 Å². The van der Waals surface area contributed by atoms with E-state index in [1.54, 1.807) is 0 Å². The van der Waals surface area contributed by atoms with Crippen LogP contribution in [0.2, 0.25) is 5.02 Å². The monoisotopic (exact) mass is 491 g/mol. The molecule has 2 aliphatic rings. The molecule has 1 aromatic heterocycles. The van der Waals surface area contributed by atoms with Crippen molar-refractivity contribution in [3.63, 3.8) is 0 Å². The van der Waals surface area contributed by atoms with E-state index >= 15 is 0 Å². The highest BCUT2D eigenvalue weighted by Crippen LogP contribution is 2.31. The van der Waals surface area contributed by atoms with Crippen molar-refractivity contribution in [1.29, 1.82) is 0 Å². The number of hydrogen-bond donors (Lipinski definition) is 0. The van der Waals surface area contributed by atoms with Crippen molar-refractivity contribution in [3.05, 3.63) is 61.8 Å². The molecule has 0 saturated carbocycles. The predicted molar refractivity (Wildman–Crippen MR) is 119 cm³/mol. The number of amides is 2. The van der Waals surface area contributed by atoms with Gasteiger partial charge in [-0.2, -0.15) is 5.06 Å². The zero-order valence-electron chi connectivity index (χ0n) is 18.7. The molecule has 4 rings (SSSR count). The number of halogens is 2. The number of carbonyl (C=O) groups is 3. The molecule has 0 atom stereocenters. The van der Waals surface area contributed by atoms with Crippen molar-refractivity contribution in [2.45, 2.75) is 39.3 Å². The Bertz CT molecular complexity index is 1240. The van der Waals surface area contributed by atoms with Crippen molar-refractivity contribution >= 4 is 29.4 Å². The average Bonchev–Trinajstić information content (AvgIpc) is 2.78. The molecular weight excluding hydrogens is 469 g/mol. The van der Waals surface area contributed by atoms with Crippen molar-refractivity contribution in [2.24, 2.45) is 0 Å². The SMILES string of the molecule is COc1c2c(c3n(c1=O)CCCCN(OC(C)=O)C3=O)CCN(Cc1ccc(F)c(Cl)c1)C2=O. The summed E-state index contributed by atoms with van der Waals surface area (Å²) in [5, 5.41) is 0.882. The minimum atomic E-state index is -0.662. The highest BCUT2D eigenvalue weighted by Gasteiger charge is 2.37. The minimum absolute atomic E-state index is 0.00917. The normalized spacial score (nSPS) is 15.9. The van der Waals surface area contributed by atoms with E-state index in [9.17, 15) is 23.6 Å². The molecule has 11 heteroatoms. The summed E-state index contributed by atoms with van der Waals surface area (Å²) in [6.45, 7) is 2.01. The fourth-order valence-corrected chi connectivity index (χ4v) is 4.57. The van der Waals surface area contributed by atoms with Gasteiger partial charge in [0, 0.05) is 32.1 Å². The Morgan fingerprint density at radius 1 is 1.12 bits per heavy atom. The zero-order chi connectivity index (χ0) is 24.6. The summed E-state index contributed by atoms with van der Waals surface area (Å²) >= 11 is 5.87. The molecular formula is C23H23ClFN3O6. The molecule has 3 heterocycles. The zero-order valence-corrected chi connectivity index (χ0v) is 19.5. The first-order valence-electron chi connectivity index (χ1n) is 10.8. The lowest BCUT2D eigenvalue weighted by Crippen LogP contribution is -2.45. The van der Waals surface area contributed by atoms with Gasteiger partial charge < -0.3 is 19.0 Å². The van der Waals surface area contributed by atoms with E-state index in [1.165, 1.54) is 41.7 Å². The number of benzene rings is 1. The predicted octanol–water partition coefficient (Wildman–Crippen LogP) is 2.56. The number of nitrogens with zero attached hydrogens (tertiary/aromatic N) is 3. The van der Waals surface area contributed by atoms with Crippen molar-refractivity contribution in [1.82, 2.24) is 14.5 Å². The summed E-state index contributed by atoms with van der Waals surface area (Å²) in [5.41, 5.74) is 0.421. The number of methoxy groups -OCH3 is 1. The van der Waals surface area contributed by atoms with Crippen LogP contribution in [0.3, 0.4) is 0 Å². The van der Waals surface area contributed by atoms with Crippen LogP contribution in [0, 0.1) is 5.82 Å². The van der Waals surface area contributed by atoms with Gasteiger partial charge >= 0.3 is 11.9 Å². The lowest BCUT2D eigenvalue weighted by Gasteiger charge is -2.33. The third-order valence-electron chi connectivity index (χ3n) is 5.88. The maximum Gasteiger partial charge on any atom is 0.329 e. The van der Waals surface area contributed by atoms with E-state index in [0.29, 0.717) is 24.0 Å². The van der Waals surface area contributed by atoms with Crippen LogP contribution >= 0.6 is 11.6 Å². The van der Waals surface area contributed by atoms with Crippen LogP contribution in [0.5, 0.6) is 5.75 Å². The first-order valence-corrected chi connectivity index (χ1v) is 11.2. The topological polar surface area (TPSA) is 98.2 Å². The van der Waals surface area contributed by atoms with Crippen molar-refractivity contribution < 1.29 is 28.3 Å². The van der Waals surface area contributed by atoms with Gasteiger partial charge in [0.25, 0.3) is 11.5 Å². The molecule has 0 aliphatic carbocycles. The van der Waals surface area contributed by atoms with E-state index in [2.05, 4.69) is 0 Å². The standard InChI is InChI=1S/C23H23ClFN3O6/c1-13(29)34-28-9-4-3-8-27-19(22(28)31)15-7-10-26(12-14-5-6-17(25)16(24)11-14)21(30)18(15)20(33-2)23(27)32/h5-6,11H,3-4,7-10,12H2,1-2H3. The van der Waals surface area contributed by atoms with E-state index in [4.69, 9.17) is 21.2 Å². The minimum Gasteiger partial charge on any atom is -0.490 e. The second-order valence-corrected chi connectivity index (χ2v) is 8.52. The Balaban J connectivity index is 1.80. The summed E-state index contributed by atoms with van der Waals surface area (Å²) in [7, 11) is 1.30. The van der Waals surface area contributed by atoms with E-state index < -0.39 is 29.2 Å². The maximum absolute atomic E-state index is 13.5. The van der Waals surface area contributed by atoms with Crippen LogP contribution < -0.4 is 10.3 Å². The lowest BCUT2D eigenvalue weighted by molar-refractivity contribution is -0.175. The molecule has 0 bridgehead atoms. The quantitative estimate of drug-likeness (QED) is 0.652. The van der Waals surface area contributed by atoms with Gasteiger partial charge in [-0.1, -0.05) is 17.7 Å². The largest absolute Gasteiger partial charge is 0.490 e. The van der Waals surface area contributed by atoms with Gasteiger partial charge in [-0.15, -0.1) is 0 Å². The van der Waals surface area contributed by atoms with Crippen LogP contribution in [-0.4, -0.2) is 52.5 Å². The van der Waals surface area contributed by atoms with Crippen LogP contribution in [-0.2, 0) is 29.1 Å². The number of hydrogen-bond acceptors (Lipinski definition) is 6. The Labute approximate surface area is 199 Å². The summed E-state index contributed by atoms with van der Waals surface area (Å²) in [6.07, 6.45) is 1.35. The van der Waals surface area contributed by atoms with Gasteiger partial charge in [-0.25, -0.2) is 4.39 Å². The number of hydroxylamine groups is 2. The van der Waals surface area contributed by atoms with Crippen LogP contribution in [0.15, 0.2) is 23.0 Å². The van der Waals surface area contributed by atoms with Gasteiger partial charge in [0.2, 0.25) is 0 Å². The fraction of sp³-hybridized carbons (Fsp3) is 0.391. The molecule has 0 unspecified atom stereocenters. The van der Waals surface area contributed by atoms with Crippen molar-refractivity contribution in [3.8, 4) is 5.75 Å². The highest BCUT2D eigenvalue weighted by atomic mass is 35.5. The van der Waals surface area contributed by atoms with Gasteiger partial charge in [0.15, 0.2) is 5.75 Å². The molecule has 2 amide bonds. The number of pyridine rings is 1. The Morgan fingerprint density at radius 3 is 2.53 bits per heavy atom. The Kier molecular flexibility index (Phi) is 6.60. The third-order valence-corrected chi connectivity index (χ3v) is 6.17. The van der Waals surface area contributed by atoms with Crippen molar-refractivity contribution in [2.75, 3.05) is 20.2 Å². The molecule has 0 spiro atoms. The number of fused-ring (bicyclic) bond motifs is 3. The molecule has 0 saturated heterocycles. The molecule has 34 heavy (non-hydrogen) atoms. The Morgan fingerprint density at radius 2 is 1.85 bits per heavy atom. The van der Waals surface area contributed by atoms with Crippen LogP contribution in [0.4, 0.5) is 4.39 Å². The molecule has 2 aliphatic heterocycles. The third kappa shape index (κ3) is 4.25. The molecule has 1 aromatic carbocycles. The molecule has 0 radical (unpaired) electrons. The van der Waals surface area contributed by atoms with Gasteiger partial charge in [0.05, 0.1) is 24.2 Å². The first kappa shape index (κ1) is 23.7. The maximum atomic E-state index is 13.5. The summed E-state index contributed by atoms with van der Waals surface area (Å²) < 4.78 is 20.2. The summed E-state index contributed by atoms with van der Waals surface area (Å²) in [4.78, 5) is 58.3. The Hall–Kier alpha value is -3.40. The molecule has 0 fully saturated rings. The lowest BCUT2D eigenvalue weighted by atomic mass is 9.94.